The number of carboxylic acid groups (broad SMARTS) is 1. The number of H-pyrrole nitrogens is 2. The fraction of sp³-hybridized carbons (Fsp3) is 0.421. The second-order valence-corrected chi connectivity index (χ2v) is 13.7. The van der Waals surface area contributed by atoms with Gasteiger partial charge >= 0.3 is 12.2 Å². The van der Waals surface area contributed by atoms with Crippen LogP contribution < -0.4 is 10.6 Å². The van der Waals surface area contributed by atoms with E-state index in [1.165, 1.54) is 7.11 Å². The number of hydrogen-bond acceptors (Lipinski definition) is 7. The van der Waals surface area contributed by atoms with E-state index in [2.05, 4.69) is 54.8 Å². The lowest BCUT2D eigenvalue weighted by atomic mass is 10.0. The maximum absolute atomic E-state index is 13.3. The Balaban J connectivity index is 1.10. The summed E-state index contributed by atoms with van der Waals surface area (Å²) in [5, 5.41) is 14.3. The Morgan fingerprint density at radius 2 is 1.25 bits per heavy atom. The first-order valence-electron chi connectivity index (χ1n) is 17.8. The van der Waals surface area contributed by atoms with Crippen molar-refractivity contribution < 1.29 is 29.0 Å². The normalized spacial score (nSPS) is 18.3. The molecule has 0 bridgehead atoms. The number of amides is 4. The van der Waals surface area contributed by atoms with Crippen molar-refractivity contribution in [2.75, 3.05) is 20.2 Å². The number of carbonyl (C=O) groups excluding carboxylic acids is 3. The van der Waals surface area contributed by atoms with E-state index in [1.807, 2.05) is 45.0 Å². The highest BCUT2D eigenvalue weighted by atomic mass is 16.5. The zero-order valence-corrected chi connectivity index (χ0v) is 29.9. The van der Waals surface area contributed by atoms with Crippen LogP contribution in [0.1, 0.15) is 76.6 Å². The molecule has 0 spiro atoms. The Morgan fingerprint density at radius 3 is 1.67 bits per heavy atom. The summed E-state index contributed by atoms with van der Waals surface area (Å²) >= 11 is 0. The van der Waals surface area contributed by atoms with Gasteiger partial charge in [-0.25, -0.2) is 19.6 Å². The van der Waals surface area contributed by atoms with Crippen molar-refractivity contribution in [3.8, 4) is 33.6 Å². The molecule has 0 radical (unpaired) electrons. The molecular formula is C38H46N8O6. The van der Waals surface area contributed by atoms with Crippen LogP contribution in [-0.2, 0) is 14.3 Å². The van der Waals surface area contributed by atoms with Crippen LogP contribution in [0.25, 0.3) is 33.6 Å². The average molecular weight is 711 g/mol. The number of rotatable bonds is 11. The highest BCUT2D eigenvalue weighted by molar-refractivity contribution is 5.87. The summed E-state index contributed by atoms with van der Waals surface area (Å²) < 4.78 is 4.70. The fourth-order valence-electron chi connectivity index (χ4n) is 7.18. The Kier molecular flexibility index (Phi) is 10.9. The first-order chi connectivity index (χ1) is 25.1. The lowest BCUT2D eigenvalue weighted by Gasteiger charge is -2.29. The van der Waals surface area contributed by atoms with Crippen molar-refractivity contribution in [2.24, 2.45) is 5.92 Å². The van der Waals surface area contributed by atoms with Gasteiger partial charge in [-0.2, -0.15) is 0 Å². The second kappa shape index (κ2) is 15.7. The molecular weight excluding hydrogens is 664 g/mol. The standard InChI is InChI=1S/C38H46N8O6/c1-5-27(43-38(51)52-4)35(47)45-18-6-8-30(45)33-39-20-28(41-33)25-14-10-23(11-15-25)24-12-16-26(17-13-24)29-21-40-34(42-29)31-9-7-19-46(31)36(48)32(22(2)3)44-37(49)50/h10-17,20-22,27,30-32,44H,5-9,18-19H2,1-4H3,(H,39,41)(H,40,42)(H,43,51)(H,49,50)/t27-,30?,31-,32-/m0/s1. The Bertz CT molecular complexity index is 1890. The molecule has 0 aliphatic carbocycles. The molecule has 14 nitrogen and oxygen atoms in total. The maximum atomic E-state index is 13.3. The van der Waals surface area contributed by atoms with Gasteiger partial charge in [0.15, 0.2) is 0 Å². The molecule has 4 atom stereocenters. The number of methoxy groups -OCH3 is 1. The Morgan fingerprint density at radius 1 is 0.788 bits per heavy atom. The molecule has 1 unspecified atom stereocenters. The van der Waals surface area contributed by atoms with Gasteiger partial charge in [0, 0.05) is 13.1 Å². The number of alkyl carbamates (subject to hydrolysis) is 1. The molecule has 2 aliphatic heterocycles. The summed E-state index contributed by atoms with van der Waals surface area (Å²) in [6.07, 6.45) is 5.38. The topological polar surface area (TPSA) is 186 Å². The molecule has 4 amide bonds. The SMILES string of the molecule is CC[C@H](NC(=O)OC)C(=O)N1CCCC1c1ncc(-c2ccc(-c3ccc(-c4cnc([C@@H]5CCCN5C(=O)[C@@H](NC(=O)O)C(C)C)[nH]4)cc3)cc2)[nH]1. The van der Waals surface area contributed by atoms with Crippen LogP contribution in [0, 0.1) is 5.92 Å². The molecule has 2 saturated heterocycles. The minimum Gasteiger partial charge on any atom is -0.465 e. The van der Waals surface area contributed by atoms with Crippen LogP contribution in [0.2, 0.25) is 0 Å². The van der Waals surface area contributed by atoms with Crippen LogP contribution in [0.15, 0.2) is 60.9 Å². The van der Waals surface area contributed by atoms with Gasteiger partial charge in [-0.1, -0.05) is 69.3 Å². The van der Waals surface area contributed by atoms with E-state index in [1.54, 1.807) is 22.2 Å². The van der Waals surface area contributed by atoms with Crippen molar-refractivity contribution in [1.82, 2.24) is 40.4 Å². The molecule has 4 aromatic rings. The van der Waals surface area contributed by atoms with E-state index in [4.69, 9.17) is 4.74 Å². The third kappa shape index (κ3) is 7.65. The summed E-state index contributed by atoms with van der Waals surface area (Å²) in [4.78, 5) is 69.4. The quantitative estimate of drug-likeness (QED) is 0.128. The second-order valence-electron chi connectivity index (χ2n) is 13.7. The van der Waals surface area contributed by atoms with Crippen molar-refractivity contribution in [2.45, 2.75) is 77.0 Å². The number of likely N-dealkylation sites (tertiary alicyclic amines) is 2. The number of carbonyl (C=O) groups is 4. The van der Waals surface area contributed by atoms with Crippen LogP contribution in [0.4, 0.5) is 9.59 Å². The lowest BCUT2D eigenvalue weighted by molar-refractivity contribution is -0.135. The minimum atomic E-state index is -1.21. The van der Waals surface area contributed by atoms with Crippen LogP contribution in [-0.4, -0.2) is 91.1 Å². The smallest absolute Gasteiger partial charge is 0.407 e. The Labute approximate surface area is 302 Å². The highest BCUT2D eigenvalue weighted by Crippen LogP contribution is 2.35. The van der Waals surface area contributed by atoms with Gasteiger partial charge < -0.3 is 40.2 Å². The van der Waals surface area contributed by atoms with Gasteiger partial charge in [0.05, 0.1) is 43.0 Å². The number of nitrogens with one attached hydrogen (secondary N) is 4. The van der Waals surface area contributed by atoms with Gasteiger partial charge in [0.2, 0.25) is 11.8 Å². The first kappa shape index (κ1) is 36.1. The van der Waals surface area contributed by atoms with E-state index < -0.39 is 24.3 Å². The fourth-order valence-corrected chi connectivity index (χ4v) is 7.18. The molecule has 0 saturated carbocycles. The zero-order valence-electron chi connectivity index (χ0n) is 29.9. The molecule has 274 valence electrons. The summed E-state index contributed by atoms with van der Waals surface area (Å²) in [7, 11) is 1.28. The first-order valence-corrected chi connectivity index (χ1v) is 17.8. The van der Waals surface area contributed by atoms with Crippen molar-refractivity contribution in [1.29, 1.82) is 0 Å². The molecule has 2 fully saturated rings. The van der Waals surface area contributed by atoms with E-state index in [9.17, 15) is 24.3 Å². The molecule has 2 aromatic heterocycles. The number of ether oxygens (including phenoxy) is 1. The van der Waals surface area contributed by atoms with Crippen molar-refractivity contribution in [3.05, 3.63) is 72.6 Å². The predicted octanol–water partition coefficient (Wildman–Crippen LogP) is 5.89. The number of nitrogens with zero attached hydrogens (tertiary/aromatic N) is 4. The van der Waals surface area contributed by atoms with E-state index >= 15 is 0 Å². The van der Waals surface area contributed by atoms with E-state index in [0.29, 0.717) is 25.3 Å². The number of aromatic nitrogens is 4. The van der Waals surface area contributed by atoms with Crippen LogP contribution in [0.3, 0.4) is 0 Å². The largest absolute Gasteiger partial charge is 0.465 e. The molecule has 14 heteroatoms. The van der Waals surface area contributed by atoms with Gasteiger partial charge in [-0.3, -0.25) is 9.59 Å². The number of hydrogen-bond donors (Lipinski definition) is 5. The summed E-state index contributed by atoms with van der Waals surface area (Å²) in [5.74, 6) is 0.850. The molecule has 2 aromatic carbocycles. The third-order valence-electron chi connectivity index (χ3n) is 10.0. The molecule has 4 heterocycles. The molecule has 6 rings (SSSR count). The maximum Gasteiger partial charge on any atom is 0.407 e. The third-order valence-corrected chi connectivity index (χ3v) is 10.0. The van der Waals surface area contributed by atoms with Gasteiger partial charge in [-0.15, -0.1) is 0 Å². The molecule has 5 N–H and O–H groups in total. The monoisotopic (exact) mass is 710 g/mol. The number of imidazole rings is 2. The predicted molar refractivity (Wildman–Crippen MR) is 194 cm³/mol. The van der Waals surface area contributed by atoms with Crippen molar-refractivity contribution >= 4 is 24.0 Å². The zero-order chi connectivity index (χ0) is 36.9. The van der Waals surface area contributed by atoms with Crippen LogP contribution in [0.5, 0.6) is 0 Å². The number of aromatic amines is 2. The van der Waals surface area contributed by atoms with Gasteiger partial charge in [-0.05, 0) is 60.3 Å². The molecule has 2 aliphatic rings. The van der Waals surface area contributed by atoms with Crippen molar-refractivity contribution in [3.63, 3.8) is 0 Å². The van der Waals surface area contributed by atoms with Gasteiger partial charge in [0.1, 0.15) is 23.7 Å². The lowest BCUT2D eigenvalue weighted by Crippen LogP contribution is -2.50. The number of benzene rings is 2. The highest BCUT2D eigenvalue weighted by Gasteiger charge is 2.38. The average Bonchev–Trinajstić information content (AvgIpc) is 3.99. The van der Waals surface area contributed by atoms with E-state index in [-0.39, 0.29) is 29.8 Å². The Hall–Kier alpha value is -5.66. The van der Waals surface area contributed by atoms with Crippen LogP contribution >= 0.6 is 0 Å². The minimum absolute atomic E-state index is 0.142. The molecule has 52 heavy (non-hydrogen) atoms. The van der Waals surface area contributed by atoms with Gasteiger partial charge in [0.25, 0.3) is 0 Å². The summed E-state index contributed by atoms with van der Waals surface area (Å²) in [6, 6.07) is 14.5. The summed E-state index contributed by atoms with van der Waals surface area (Å²) in [5.41, 5.74) is 5.71. The summed E-state index contributed by atoms with van der Waals surface area (Å²) in [6.45, 7) is 6.66. The van der Waals surface area contributed by atoms with E-state index in [0.717, 1.165) is 65.1 Å².